The summed E-state index contributed by atoms with van der Waals surface area (Å²) in [7, 11) is 0. The lowest BCUT2D eigenvalue weighted by Gasteiger charge is -2.36. The third kappa shape index (κ3) is 4.09. The van der Waals surface area contributed by atoms with Gasteiger partial charge < -0.3 is 14.7 Å². The Bertz CT molecular complexity index is 651. The van der Waals surface area contributed by atoms with Crippen molar-refractivity contribution in [3.05, 3.63) is 28.3 Å². The molecule has 9 heteroatoms. The molecule has 1 aliphatic rings. The summed E-state index contributed by atoms with van der Waals surface area (Å²) in [5, 5.41) is 9.79. The van der Waals surface area contributed by atoms with Gasteiger partial charge in [0, 0.05) is 50.7 Å². The Kier molecular flexibility index (Phi) is 5.41. The van der Waals surface area contributed by atoms with E-state index in [0.717, 1.165) is 24.5 Å². The van der Waals surface area contributed by atoms with Gasteiger partial charge >= 0.3 is 6.03 Å². The van der Waals surface area contributed by atoms with Gasteiger partial charge in [0.25, 0.3) is 0 Å². The number of piperazine rings is 1. The first-order valence-corrected chi connectivity index (χ1v) is 8.97. The minimum absolute atomic E-state index is 0.00695. The van der Waals surface area contributed by atoms with E-state index in [-0.39, 0.29) is 12.1 Å². The molecule has 3 heterocycles. The zero-order valence-corrected chi connectivity index (χ0v) is 14.8. The van der Waals surface area contributed by atoms with E-state index in [1.165, 1.54) is 0 Å². The van der Waals surface area contributed by atoms with Gasteiger partial charge in [-0.3, -0.25) is 4.90 Å². The van der Waals surface area contributed by atoms with Crippen molar-refractivity contribution in [2.24, 2.45) is 0 Å². The van der Waals surface area contributed by atoms with E-state index in [2.05, 4.69) is 32.3 Å². The molecule has 0 spiro atoms. The van der Waals surface area contributed by atoms with Crippen molar-refractivity contribution < 1.29 is 9.32 Å². The van der Waals surface area contributed by atoms with E-state index in [4.69, 9.17) is 4.52 Å². The van der Waals surface area contributed by atoms with Crippen molar-refractivity contribution in [2.45, 2.75) is 26.3 Å². The summed E-state index contributed by atoms with van der Waals surface area (Å²) in [4.78, 5) is 24.8. The number of urea groups is 1. The number of carbonyl (C=O) groups is 1. The molecule has 1 unspecified atom stereocenters. The van der Waals surface area contributed by atoms with Crippen LogP contribution in [-0.4, -0.2) is 63.7 Å². The Labute approximate surface area is 144 Å². The molecular formula is C15H22N6O2S. The highest BCUT2D eigenvalue weighted by Gasteiger charge is 2.27. The van der Waals surface area contributed by atoms with E-state index >= 15 is 0 Å². The van der Waals surface area contributed by atoms with Gasteiger partial charge in [0.15, 0.2) is 5.82 Å². The Hall–Kier alpha value is -2.00. The molecule has 0 bridgehead atoms. The summed E-state index contributed by atoms with van der Waals surface area (Å²) >= 11 is 1.61. The van der Waals surface area contributed by atoms with Crippen LogP contribution in [0.4, 0.5) is 4.79 Å². The zero-order valence-electron chi connectivity index (χ0n) is 13.9. The number of aryl methyl sites for hydroxylation is 1. The minimum Gasteiger partial charge on any atom is -0.338 e. The van der Waals surface area contributed by atoms with Gasteiger partial charge in [-0.05, 0) is 13.8 Å². The zero-order chi connectivity index (χ0) is 16.9. The van der Waals surface area contributed by atoms with Crippen LogP contribution < -0.4 is 5.32 Å². The van der Waals surface area contributed by atoms with E-state index in [1.54, 1.807) is 17.5 Å². The fourth-order valence-corrected chi connectivity index (χ4v) is 3.34. The lowest BCUT2D eigenvalue weighted by atomic mass is 10.2. The number of hydrogen-bond acceptors (Lipinski definition) is 7. The van der Waals surface area contributed by atoms with Gasteiger partial charge in [-0.25, -0.2) is 9.78 Å². The highest BCUT2D eigenvalue weighted by Crippen LogP contribution is 2.19. The molecule has 0 aliphatic carbocycles. The number of nitrogens with zero attached hydrogens (tertiary/aromatic N) is 5. The molecule has 0 aromatic carbocycles. The first-order valence-electron chi connectivity index (χ1n) is 8.09. The maximum Gasteiger partial charge on any atom is 0.317 e. The van der Waals surface area contributed by atoms with Crippen LogP contribution in [0, 0.1) is 6.92 Å². The molecule has 3 rings (SSSR count). The number of carbonyl (C=O) groups excluding carboxylic acids is 1. The SMILES string of the molecule is Cc1noc(C(C)N2CCN(C(=O)NCCc3nccs3)CC2)n1. The van der Waals surface area contributed by atoms with Crippen molar-refractivity contribution in [2.75, 3.05) is 32.7 Å². The number of aromatic nitrogens is 3. The third-order valence-corrected chi connectivity index (χ3v) is 4.99. The molecule has 2 aromatic heterocycles. The third-order valence-electron chi connectivity index (χ3n) is 4.15. The van der Waals surface area contributed by atoms with Gasteiger partial charge in [-0.2, -0.15) is 4.98 Å². The van der Waals surface area contributed by atoms with Gasteiger partial charge in [-0.15, -0.1) is 11.3 Å². The summed E-state index contributed by atoms with van der Waals surface area (Å²) in [6.45, 7) is 7.46. The summed E-state index contributed by atoms with van der Waals surface area (Å²) in [5.74, 6) is 1.28. The van der Waals surface area contributed by atoms with Crippen LogP contribution >= 0.6 is 11.3 Å². The number of amides is 2. The van der Waals surface area contributed by atoms with Crippen LogP contribution in [0.2, 0.25) is 0 Å². The summed E-state index contributed by atoms with van der Waals surface area (Å²) in [6, 6.07) is 0.0637. The average Bonchev–Trinajstić information content (AvgIpc) is 3.26. The molecule has 8 nitrogen and oxygen atoms in total. The topological polar surface area (TPSA) is 87.4 Å². The molecular weight excluding hydrogens is 328 g/mol. The fourth-order valence-electron chi connectivity index (χ4n) is 2.72. The molecule has 2 aromatic rings. The predicted molar refractivity (Wildman–Crippen MR) is 89.8 cm³/mol. The van der Waals surface area contributed by atoms with Crippen molar-refractivity contribution in [3.63, 3.8) is 0 Å². The normalized spacial score (nSPS) is 17.0. The second-order valence-electron chi connectivity index (χ2n) is 5.79. The molecule has 24 heavy (non-hydrogen) atoms. The standard InChI is InChI=1S/C15H22N6O2S/c1-11(14-18-12(2)19-23-14)20-6-8-21(9-7-20)15(22)17-4-3-13-16-5-10-24-13/h5,10-11H,3-4,6-9H2,1-2H3,(H,17,22). The van der Waals surface area contributed by atoms with Crippen LogP contribution in [-0.2, 0) is 6.42 Å². The quantitative estimate of drug-likeness (QED) is 0.878. The van der Waals surface area contributed by atoms with Gasteiger partial charge in [0.05, 0.1) is 11.0 Å². The summed E-state index contributed by atoms with van der Waals surface area (Å²) in [5.41, 5.74) is 0. The second-order valence-corrected chi connectivity index (χ2v) is 6.77. The highest BCUT2D eigenvalue weighted by molar-refractivity contribution is 7.09. The first-order chi connectivity index (χ1) is 11.6. The fraction of sp³-hybridized carbons (Fsp3) is 0.600. The van der Waals surface area contributed by atoms with Crippen LogP contribution in [0.5, 0.6) is 0 Å². The molecule has 0 radical (unpaired) electrons. The summed E-state index contributed by atoms with van der Waals surface area (Å²) in [6.07, 6.45) is 2.56. The molecule has 0 saturated carbocycles. The minimum atomic E-state index is -0.00695. The smallest absolute Gasteiger partial charge is 0.317 e. The molecule has 1 atom stereocenters. The van der Waals surface area contributed by atoms with Crippen molar-refractivity contribution in [1.82, 2.24) is 30.2 Å². The molecule has 2 amide bonds. The monoisotopic (exact) mass is 350 g/mol. The predicted octanol–water partition coefficient (Wildman–Crippen LogP) is 1.47. The molecule has 1 N–H and O–H groups in total. The molecule has 130 valence electrons. The number of hydrogen-bond donors (Lipinski definition) is 1. The second kappa shape index (κ2) is 7.71. The van der Waals surface area contributed by atoms with Crippen LogP contribution in [0.1, 0.15) is 29.7 Å². The lowest BCUT2D eigenvalue weighted by molar-refractivity contribution is 0.100. The maximum atomic E-state index is 12.2. The largest absolute Gasteiger partial charge is 0.338 e. The Morgan fingerprint density at radius 2 is 2.21 bits per heavy atom. The highest BCUT2D eigenvalue weighted by atomic mass is 32.1. The molecule has 1 aliphatic heterocycles. The van der Waals surface area contributed by atoms with E-state index in [9.17, 15) is 4.79 Å². The number of nitrogens with one attached hydrogen (secondary N) is 1. The lowest BCUT2D eigenvalue weighted by Crippen LogP contribution is -2.52. The first kappa shape index (κ1) is 16.8. The number of rotatable bonds is 5. The van der Waals surface area contributed by atoms with Crippen LogP contribution in [0.3, 0.4) is 0 Å². The average molecular weight is 350 g/mol. The van der Waals surface area contributed by atoms with Crippen molar-refractivity contribution in [3.8, 4) is 0 Å². The Morgan fingerprint density at radius 3 is 2.83 bits per heavy atom. The molecule has 1 fully saturated rings. The van der Waals surface area contributed by atoms with Gasteiger partial charge in [0.2, 0.25) is 5.89 Å². The number of thiazole rings is 1. The maximum absolute atomic E-state index is 12.2. The van der Waals surface area contributed by atoms with Crippen molar-refractivity contribution in [1.29, 1.82) is 0 Å². The van der Waals surface area contributed by atoms with E-state index in [1.807, 2.05) is 17.2 Å². The van der Waals surface area contributed by atoms with Crippen LogP contribution in [0.15, 0.2) is 16.1 Å². The van der Waals surface area contributed by atoms with Crippen molar-refractivity contribution >= 4 is 17.4 Å². The summed E-state index contributed by atoms with van der Waals surface area (Å²) < 4.78 is 5.24. The molecule has 1 saturated heterocycles. The Morgan fingerprint density at radius 1 is 1.42 bits per heavy atom. The van der Waals surface area contributed by atoms with Gasteiger partial charge in [-0.1, -0.05) is 5.16 Å². The van der Waals surface area contributed by atoms with Crippen LogP contribution in [0.25, 0.3) is 0 Å². The van der Waals surface area contributed by atoms with Gasteiger partial charge in [0.1, 0.15) is 0 Å². The van der Waals surface area contributed by atoms with E-state index < -0.39 is 0 Å². The Balaban J connectivity index is 1.41. The van der Waals surface area contributed by atoms with E-state index in [0.29, 0.717) is 31.3 Å².